The van der Waals surface area contributed by atoms with Gasteiger partial charge in [-0.3, -0.25) is 0 Å². The summed E-state index contributed by atoms with van der Waals surface area (Å²) in [5, 5.41) is 5.38. The molecule has 0 saturated heterocycles. The molecule has 0 aliphatic heterocycles. The largest absolute Gasteiger partial charge is 0.308 e. The standard InChI is InChI=1S/C12H10BrClFNS/c13-9-4-10(17-7-9)6-16-5-8-2-1-3-11(14)12(8)15/h1-4,7,16H,5-6H2. The van der Waals surface area contributed by atoms with Crippen LogP contribution in [0.5, 0.6) is 0 Å². The van der Waals surface area contributed by atoms with Gasteiger partial charge in [0.1, 0.15) is 5.82 Å². The maximum Gasteiger partial charge on any atom is 0.146 e. The van der Waals surface area contributed by atoms with E-state index in [1.807, 2.05) is 11.4 Å². The second-order valence-electron chi connectivity index (χ2n) is 3.55. The van der Waals surface area contributed by atoms with Crippen molar-refractivity contribution in [3.63, 3.8) is 0 Å². The molecule has 0 saturated carbocycles. The lowest BCUT2D eigenvalue weighted by Gasteiger charge is -2.05. The molecule has 1 aromatic heterocycles. The van der Waals surface area contributed by atoms with Crippen LogP contribution in [-0.4, -0.2) is 0 Å². The highest BCUT2D eigenvalue weighted by molar-refractivity contribution is 9.10. The van der Waals surface area contributed by atoms with Gasteiger partial charge in [-0.15, -0.1) is 11.3 Å². The third kappa shape index (κ3) is 3.52. The van der Waals surface area contributed by atoms with Crippen LogP contribution < -0.4 is 5.32 Å². The van der Waals surface area contributed by atoms with Crippen molar-refractivity contribution in [2.24, 2.45) is 0 Å². The zero-order valence-corrected chi connectivity index (χ0v) is 12.0. The number of nitrogens with one attached hydrogen (secondary N) is 1. The Bertz CT molecular complexity index is 515. The van der Waals surface area contributed by atoms with E-state index in [4.69, 9.17) is 11.6 Å². The number of thiophene rings is 1. The van der Waals surface area contributed by atoms with Crippen molar-refractivity contribution in [2.45, 2.75) is 13.1 Å². The molecular weight excluding hydrogens is 325 g/mol. The van der Waals surface area contributed by atoms with Gasteiger partial charge in [-0.2, -0.15) is 0 Å². The van der Waals surface area contributed by atoms with Crippen LogP contribution in [0.3, 0.4) is 0 Å². The van der Waals surface area contributed by atoms with Crippen molar-refractivity contribution in [3.8, 4) is 0 Å². The molecule has 2 rings (SSSR count). The van der Waals surface area contributed by atoms with E-state index in [1.54, 1.807) is 29.5 Å². The van der Waals surface area contributed by atoms with Crippen molar-refractivity contribution in [3.05, 3.63) is 55.4 Å². The molecule has 1 aromatic carbocycles. The molecular formula is C12H10BrClFNS. The lowest BCUT2D eigenvalue weighted by molar-refractivity contribution is 0.589. The monoisotopic (exact) mass is 333 g/mol. The van der Waals surface area contributed by atoms with Crippen LogP contribution in [-0.2, 0) is 13.1 Å². The summed E-state index contributed by atoms with van der Waals surface area (Å²) in [7, 11) is 0. The quantitative estimate of drug-likeness (QED) is 0.862. The van der Waals surface area contributed by atoms with Gasteiger partial charge in [-0.05, 0) is 28.1 Å². The van der Waals surface area contributed by atoms with Gasteiger partial charge in [0, 0.05) is 33.4 Å². The molecule has 2 aromatic rings. The van der Waals surface area contributed by atoms with Gasteiger partial charge < -0.3 is 5.32 Å². The molecule has 1 nitrogen and oxygen atoms in total. The number of hydrogen-bond donors (Lipinski definition) is 1. The summed E-state index contributed by atoms with van der Waals surface area (Å²) in [6, 6.07) is 7.09. The predicted molar refractivity (Wildman–Crippen MR) is 74.0 cm³/mol. The Hall–Kier alpha value is -0.420. The minimum absolute atomic E-state index is 0.170. The first-order valence-electron chi connectivity index (χ1n) is 5.03. The molecule has 1 heterocycles. The highest BCUT2D eigenvalue weighted by Gasteiger charge is 2.05. The summed E-state index contributed by atoms with van der Waals surface area (Å²) in [4.78, 5) is 1.21. The van der Waals surface area contributed by atoms with Crippen LogP contribution in [0.2, 0.25) is 5.02 Å². The molecule has 0 spiro atoms. The molecule has 0 aliphatic carbocycles. The van der Waals surface area contributed by atoms with E-state index in [2.05, 4.69) is 21.2 Å². The lowest BCUT2D eigenvalue weighted by Crippen LogP contribution is -2.12. The molecule has 17 heavy (non-hydrogen) atoms. The summed E-state index contributed by atoms with van der Waals surface area (Å²) in [5.41, 5.74) is 0.591. The van der Waals surface area contributed by atoms with Crippen LogP contribution in [0.4, 0.5) is 4.39 Å². The molecule has 90 valence electrons. The maximum atomic E-state index is 13.6. The number of halogens is 3. The zero-order valence-electron chi connectivity index (χ0n) is 8.84. The first-order chi connectivity index (χ1) is 8.16. The lowest BCUT2D eigenvalue weighted by atomic mass is 10.2. The van der Waals surface area contributed by atoms with Crippen molar-refractivity contribution in [1.82, 2.24) is 5.32 Å². The van der Waals surface area contributed by atoms with E-state index in [-0.39, 0.29) is 10.8 Å². The topological polar surface area (TPSA) is 12.0 Å². The van der Waals surface area contributed by atoms with E-state index in [0.717, 1.165) is 11.0 Å². The van der Waals surface area contributed by atoms with E-state index in [0.29, 0.717) is 12.1 Å². The zero-order chi connectivity index (χ0) is 12.3. The summed E-state index contributed by atoms with van der Waals surface area (Å²) < 4.78 is 14.6. The van der Waals surface area contributed by atoms with Gasteiger partial charge in [0.2, 0.25) is 0 Å². The fourth-order valence-electron chi connectivity index (χ4n) is 1.45. The summed E-state index contributed by atoms with van der Waals surface area (Å²) in [5.74, 6) is -0.339. The van der Waals surface area contributed by atoms with Gasteiger partial charge in [0.25, 0.3) is 0 Å². The van der Waals surface area contributed by atoms with Crippen LogP contribution >= 0.6 is 38.9 Å². The molecule has 0 amide bonds. The summed E-state index contributed by atoms with van der Waals surface area (Å²) in [6.45, 7) is 1.20. The Morgan fingerprint density at radius 1 is 1.35 bits per heavy atom. The minimum Gasteiger partial charge on any atom is -0.308 e. The van der Waals surface area contributed by atoms with Gasteiger partial charge in [-0.1, -0.05) is 23.7 Å². The van der Waals surface area contributed by atoms with Gasteiger partial charge in [-0.25, -0.2) is 4.39 Å². The van der Waals surface area contributed by atoms with E-state index >= 15 is 0 Å². The average Bonchev–Trinajstić information content (AvgIpc) is 2.70. The Balaban J connectivity index is 1.92. The van der Waals surface area contributed by atoms with E-state index < -0.39 is 0 Å². The highest BCUT2D eigenvalue weighted by Crippen LogP contribution is 2.20. The smallest absolute Gasteiger partial charge is 0.146 e. The first-order valence-corrected chi connectivity index (χ1v) is 7.08. The second kappa shape index (κ2) is 5.96. The second-order valence-corrected chi connectivity index (χ2v) is 5.87. The summed E-state index contributed by atoms with van der Waals surface area (Å²) in [6.07, 6.45) is 0. The highest BCUT2D eigenvalue weighted by atomic mass is 79.9. The fourth-order valence-corrected chi connectivity index (χ4v) is 3.07. The normalized spacial score (nSPS) is 10.8. The number of benzene rings is 1. The predicted octanol–water partition coefficient (Wildman–Crippen LogP) is 4.59. The van der Waals surface area contributed by atoms with Gasteiger partial charge in [0.05, 0.1) is 5.02 Å². The van der Waals surface area contributed by atoms with Gasteiger partial charge in [0.15, 0.2) is 0 Å². The van der Waals surface area contributed by atoms with E-state index in [9.17, 15) is 4.39 Å². The van der Waals surface area contributed by atoms with Gasteiger partial charge >= 0.3 is 0 Å². The minimum atomic E-state index is -0.339. The average molecular weight is 335 g/mol. The van der Waals surface area contributed by atoms with Crippen LogP contribution in [0, 0.1) is 5.82 Å². The van der Waals surface area contributed by atoms with Crippen molar-refractivity contribution in [2.75, 3.05) is 0 Å². The molecule has 0 unspecified atom stereocenters. The maximum absolute atomic E-state index is 13.6. The molecule has 0 bridgehead atoms. The Kier molecular flexibility index (Phi) is 4.56. The Morgan fingerprint density at radius 3 is 2.88 bits per heavy atom. The molecule has 5 heteroatoms. The fraction of sp³-hybridized carbons (Fsp3) is 0.167. The van der Waals surface area contributed by atoms with Crippen molar-refractivity contribution < 1.29 is 4.39 Å². The number of hydrogen-bond acceptors (Lipinski definition) is 2. The molecule has 0 radical (unpaired) electrons. The SMILES string of the molecule is Fc1c(Cl)cccc1CNCc1cc(Br)cs1. The summed E-state index contributed by atoms with van der Waals surface area (Å²) >= 11 is 10.8. The molecule has 0 atom stereocenters. The third-order valence-electron chi connectivity index (χ3n) is 2.27. The molecule has 1 N–H and O–H groups in total. The Morgan fingerprint density at radius 2 is 2.18 bits per heavy atom. The Labute approximate surface area is 117 Å². The molecule has 0 aliphatic rings. The van der Waals surface area contributed by atoms with Crippen molar-refractivity contribution >= 4 is 38.9 Å². The van der Waals surface area contributed by atoms with Crippen LogP contribution in [0.15, 0.2) is 34.1 Å². The third-order valence-corrected chi connectivity index (χ3v) is 4.26. The molecule has 0 fully saturated rings. The van der Waals surface area contributed by atoms with Crippen LogP contribution in [0.1, 0.15) is 10.4 Å². The number of rotatable bonds is 4. The van der Waals surface area contributed by atoms with E-state index in [1.165, 1.54) is 4.88 Å². The van der Waals surface area contributed by atoms with Crippen LogP contribution in [0.25, 0.3) is 0 Å². The van der Waals surface area contributed by atoms with Crippen molar-refractivity contribution in [1.29, 1.82) is 0 Å². The first kappa shape index (κ1) is 13.0.